The van der Waals surface area contributed by atoms with Crippen molar-refractivity contribution in [2.45, 2.75) is 18.4 Å². The number of benzene rings is 1. The maximum absolute atomic E-state index is 11.4. The number of nitrogens with one attached hydrogen (secondary N) is 1. The summed E-state index contributed by atoms with van der Waals surface area (Å²) in [6.07, 6.45) is 1.30. The minimum absolute atomic E-state index is 0.0822. The third kappa shape index (κ3) is 3.80. The van der Waals surface area contributed by atoms with Gasteiger partial charge in [0.05, 0.1) is 17.8 Å². The fourth-order valence-electron chi connectivity index (χ4n) is 2.84. The highest BCUT2D eigenvalue weighted by molar-refractivity contribution is 7.14. The summed E-state index contributed by atoms with van der Waals surface area (Å²) in [6.45, 7) is 1.05. The number of rotatable bonds is 5. The van der Waals surface area contributed by atoms with Crippen molar-refractivity contribution in [3.05, 3.63) is 45.7 Å². The van der Waals surface area contributed by atoms with Gasteiger partial charge in [0.15, 0.2) is 5.13 Å². The van der Waals surface area contributed by atoms with Crippen LogP contribution in [0.4, 0.5) is 5.13 Å². The van der Waals surface area contributed by atoms with Gasteiger partial charge in [0.25, 0.3) is 0 Å². The van der Waals surface area contributed by atoms with E-state index in [-0.39, 0.29) is 12.5 Å². The summed E-state index contributed by atoms with van der Waals surface area (Å²) < 4.78 is 5.41. The second-order valence-corrected chi connectivity index (χ2v) is 6.56. The van der Waals surface area contributed by atoms with Gasteiger partial charge < -0.3 is 15.8 Å². The molecule has 0 bridgehead atoms. The number of carbonyl (C=O) groups is 1. The predicted octanol–water partition coefficient (Wildman–Crippen LogP) is 3.02. The number of amides is 1. The number of azide groups is 1. The van der Waals surface area contributed by atoms with E-state index in [4.69, 9.17) is 16.0 Å². The van der Waals surface area contributed by atoms with Gasteiger partial charge in [0.1, 0.15) is 0 Å². The number of nitrogens with two attached hydrogens (primary N) is 1. The molecule has 1 saturated heterocycles. The lowest BCUT2D eigenvalue weighted by molar-refractivity contribution is -0.114. The van der Waals surface area contributed by atoms with Gasteiger partial charge in [0, 0.05) is 29.1 Å². The predicted molar refractivity (Wildman–Crippen MR) is 96.1 cm³/mol. The van der Waals surface area contributed by atoms with Gasteiger partial charge in [-0.25, -0.2) is 4.98 Å². The van der Waals surface area contributed by atoms with E-state index in [1.54, 1.807) is 0 Å². The molecule has 3 rings (SSSR count). The molecule has 1 aromatic carbocycles. The number of thiazole rings is 1. The second-order valence-electron chi connectivity index (χ2n) is 5.70. The van der Waals surface area contributed by atoms with E-state index in [1.165, 1.54) is 11.3 Å². The summed E-state index contributed by atoms with van der Waals surface area (Å²) in [5.41, 5.74) is 16.3. The molecule has 1 amide bonds. The van der Waals surface area contributed by atoms with Crippen LogP contribution in [-0.4, -0.2) is 30.6 Å². The van der Waals surface area contributed by atoms with E-state index in [0.29, 0.717) is 31.2 Å². The molecular weight excluding hydrogens is 340 g/mol. The Hall–Kier alpha value is -2.45. The third-order valence-corrected chi connectivity index (χ3v) is 4.95. The maximum Gasteiger partial charge on any atom is 0.239 e. The largest absolute Gasteiger partial charge is 0.381 e. The Morgan fingerprint density at radius 3 is 3.00 bits per heavy atom. The molecule has 2 heterocycles. The summed E-state index contributed by atoms with van der Waals surface area (Å²) in [6, 6.07) is 7.82. The lowest BCUT2D eigenvalue weighted by Gasteiger charge is -2.33. The van der Waals surface area contributed by atoms with Crippen LogP contribution in [0.25, 0.3) is 21.7 Å². The van der Waals surface area contributed by atoms with Gasteiger partial charge >= 0.3 is 0 Å². The van der Waals surface area contributed by atoms with Gasteiger partial charge in [-0.2, -0.15) is 0 Å². The highest BCUT2D eigenvalue weighted by Gasteiger charge is 2.33. The summed E-state index contributed by atoms with van der Waals surface area (Å²) in [5, 5.41) is 9.11. The fourth-order valence-corrected chi connectivity index (χ4v) is 3.58. The minimum atomic E-state index is -0.588. The monoisotopic (exact) mass is 358 g/mol. The smallest absolute Gasteiger partial charge is 0.239 e. The van der Waals surface area contributed by atoms with Crippen LogP contribution in [0.1, 0.15) is 18.4 Å². The van der Waals surface area contributed by atoms with Gasteiger partial charge in [0.2, 0.25) is 5.91 Å². The lowest BCUT2D eigenvalue weighted by Crippen LogP contribution is -2.31. The van der Waals surface area contributed by atoms with E-state index < -0.39 is 5.54 Å². The normalized spacial score (nSPS) is 16.0. The molecule has 8 nitrogen and oxygen atoms in total. The highest BCUT2D eigenvalue weighted by Crippen LogP contribution is 2.38. The first kappa shape index (κ1) is 17.4. The van der Waals surface area contributed by atoms with Crippen LogP contribution >= 0.6 is 11.3 Å². The quantitative estimate of drug-likeness (QED) is 0.484. The van der Waals surface area contributed by atoms with Crippen molar-refractivity contribution in [3.8, 4) is 11.3 Å². The van der Waals surface area contributed by atoms with Crippen LogP contribution in [0.15, 0.2) is 34.8 Å². The average Bonchev–Trinajstić information content (AvgIpc) is 3.11. The minimum Gasteiger partial charge on any atom is -0.381 e. The van der Waals surface area contributed by atoms with Crippen molar-refractivity contribution < 1.29 is 9.53 Å². The molecule has 0 unspecified atom stereocenters. The van der Waals surface area contributed by atoms with Crippen LogP contribution in [-0.2, 0) is 15.1 Å². The van der Waals surface area contributed by atoms with Crippen LogP contribution in [0.5, 0.6) is 0 Å². The van der Waals surface area contributed by atoms with Crippen LogP contribution in [0, 0.1) is 0 Å². The molecule has 0 spiro atoms. The van der Waals surface area contributed by atoms with Crippen molar-refractivity contribution >= 4 is 22.4 Å². The number of hydrogen-bond acceptors (Lipinski definition) is 6. The van der Waals surface area contributed by atoms with Crippen LogP contribution in [0.2, 0.25) is 0 Å². The molecule has 1 aliphatic heterocycles. The van der Waals surface area contributed by atoms with Gasteiger partial charge in [-0.15, -0.1) is 11.3 Å². The Morgan fingerprint density at radius 1 is 1.48 bits per heavy atom. The Balaban J connectivity index is 1.91. The molecule has 2 aromatic rings. The van der Waals surface area contributed by atoms with Crippen molar-refractivity contribution in [3.63, 3.8) is 0 Å². The number of ether oxygens (including phenoxy) is 1. The zero-order chi connectivity index (χ0) is 17.7. The topological polar surface area (TPSA) is 126 Å². The van der Waals surface area contributed by atoms with Crippen molar-refractivity contribution in [2.75, 3.05) is 25.1 Å². The summed E-state index contributed by atoms with van der Waals surface area (Å²) in [7, 11) is 0. The van der Waals surface area contributed by atoms with E-state index in [9.17, 15) is 4.79 Å². The van der Waals surface area contributed by atoms with Gasteiger partial charge in [-0.05, 0) is 30.0 Å². The zero-order valence-corrected chi connectivity index (χ0v) is 14.3. The fraction of sp³-hybridized carbons (Fsp3) is 0.375. The molecule has 0 saturated carbocycles. The third-order valence-electron chi connectivity index (χ3n) is 4.19. The Morgan fingerprint density at radius 2 is 2.28 bits per heavy atom. The first-order chi connectivity index (χ1) is 12.2. The van der Waals surface area contributed by atoms with E-state index >= 15 is 0 Å². The molecule has 1 aromatic heterocycles. The van der Waals surface area contributed by atoms with E-state index in [0.717, 1.165) is 16.8 Å². The molecule has 130 valence electrons. The lowest BCUT2D eigenvalue weighted by atomic mass is 9.83. The molecule has 0 radical (unpaired) electrons. The Bertz CT molecular complexity index is 808. The number of anilines is 1. The standard InChI is InChI=1S/C16H18N6O2S/c17-9-14(23)20-15-19-13(10-25-15)11-2-1-3-12(8-11)16(21-22-18)4-6-24-7-5-16/h1-3,8,10H,4-7,9,17H2,(H,19,20,23). The van der Waals surface area contributed by atoms with Crippen LogP contribution < -0.4 is 11.1 Å². The molecule has 0 aliphatic carbocycles. The number of nitrogens with zero attached hydrogens (tertiary/aromatic N) is 4. The SMILES string of the molecule is [N-]=[N+]=NC1(c2cccc(-c3csc(NC(=O)CN)n3)c2)CCOCC1. The van der Waals surface area contributed by atoms with Crippen LogP contribution in [0.3, 0.4) is 0 Å². The first-order valence-electron chi connectivity index (χ1n) is 7.87. The van der Waals surface area contributed by atoms with Crippen molar-refractivity contribution in [2.24, 2.45) is 10.8 Å². The van der Waals surface area contributed by atoms with Crippen molar-refractivity contribution in [1.82, 2.24) is 4.98 Å². The Labute approximate surface area is 148 Å². The molecule has 25 heavy (non-hydrogen) atoms. The average molecular weight is 358 g/mol. The van der Waals surface area contributed by atoms with E-state index in [1.807, 2.05) is 29.6 Å². The van der Waals surface area contributed by atoms with E-state index in [2.05, 4.69) is 20.3 Å². The van der Waals surface area contributed by atoms with Gasteiger partial charge in [-0.1, -0.05) is 23.3 Å². The first-order valence-corrected chi connectivity index (χ1v) is 8.75. The number of aromatic nitrogens is 1. The molecular formula is C16H18N6O2S. The van der Waals surface area contributed by atoms with Crippen molar-refractivity contribution in [1.29, 1.82) is 0 Å². The second kappa shape index (κ2) is 7.62. The molecule has 1 fully saturated rings. The molecule has 0 atom stereocenters. The molecule has 1 aliphatic rings. The summed E-state index contributed by atoms with van der Waals surface area (Å²) in [5.74, 6) is -0.279. The summed E-state index contributed by atoms with van der Waals surface area (Å²) in [4.78, 5) is 18.9. The molecule has 3 N–H and O–H groups in total. The highest BCUT2D eigenvalue weighted by atomic mass is 32.1. The number of carbonyl (C=O) groups excluding carboxylic acids is 1. The number of hydrogen-bond donors (Lipinski definition) is 2. The summed E-state index contributed by atoms with van der Waals surface area (Å²) >= 11 is 1.34. The molecule has 9 heteroatoms. The zero-order valence-electron chi connectivity index (χ0n) is 13.5. The Kier molecular flexibility index (Phi) is 5.30. The van der Waals surface area contributed by atoms with Gasteiger partial charge in [-0.3, -0.25) is 4.79 Å². The maximum atomic E-state index is 11.4.